The molecule has 0 aliphatic heterocycles. The molecule has 0 unspecified atom stereocenters. The maximum Gasteiger partial charge on any atom is 0.335 e. The summed E-state index contributed by atoms with van der Waals surface area (Å²) in [5.74, 6) is 2.06. The van der Waals surface area contributed by atoms with Crippen LogP contribution in [0.4, 0.5) is 5.00 Å². The molecule has 0 saturated heterocycles. The first-order valence-electron chi connectivity index (χ1n) is 13.7. The molecule has 3 aromatic rings. The number of benzene rings is 1. The summed E-state index contributed by atoms with van der Waals surface area (Å²) in [4.78, 5) is 33.4. The predicted molar refractivity (Wildman–Crippen MR) is 147 cm³/mol. The fourth-order valence-corrected chi connectivity index (χ4v) is 9.39. The third-order valence-corrected chi connectivity index (χ3v) is 10.7. The van der Waals surface area contributed by atoms with Crippen molar-refractivity contribution >= 4 is 22.6 Å². The van der Waals surface area contributed by atoms with Crippen molar-refractivity contribution in [2.24, 2.45) is 22.7 Å². The van der Waals surface area contributed by atoms with Crippen molar-refractivity contribution < 1.29 is 5.11 Å². The van der Waals surface area contributed by atoms with Crippen LogP contribution in [-0.4, -0.2) is 20.9 Å². The zero-order valence-electron chi connectivity index (χ0n) is 21.2. The van der Waals surface area contributed by atoms with Gasteiger partial charge in [-0.3, -0.25) is 9.78 Å². The van der Waals surface area contributed by atoms with E-state index >= 15 is 0 Å². The fraction of sp³-hybridized carbons (Fsp3) is 0.467. The first kappa shape index (κ1) is 23.7. The highest BCUT2D eigenvalue weighted by molar-refractivity contribution is 7.16. The first-order valence-corrected chi connectivity index (χ1v) is 14.5. The van der Waals surface area contributed by atoms with Crippen LogP contribution in [0, 0.1) is 29.1 Å². The minimum Gasteiger partial charge on any atom is -0.493 e. The fourth-order valence-electron chi connectivity index (χ4n) is 8.20. The lowest BCUT2D eigenvalue weighted by Crippen LogP contribution is -2.48. The van der Waals surface area contributed by atoms with Crippen LogP contribution in [0.15, 0.2) is 38.8 Å². The molecule has 8 rings (SSSR count). The number of thiophene rings is 1. The molecular formula is C30H30N4O3S. The Morgan fingerprint density at radius 1 is 1.05 bits per heavy atom. The van der Waals surface area contributed by atoms with Crippen molar-refractivity contribution in [1.82, 2.24) is 9.55 Å². The normalized spacial score (nSPS) is 27.5. The summed E-state index contributed by atoms with van der Waals surface area (Å²) in [6.07, 6.45) is 13.1. The molecule has 4 bridgehead atoms. The number of H-pyrrole nitrogens is 1. The van der Waals surface area contributed by atoms with Crippen LogP contribution in [0.1, 0.15) is 78.5 Å². The monoisotopic (exact) mass is 526 g/mol. The van der Waals surface area contributed by atoms with Gasteiger partial charge in [-0.1, -0.05) is 12.1 Å². The van der Waals surface area contributed by atoms with Gasteiger partial charge in [-0.15, -0.1) is 11.3 Å². The number of aliphatic imine (C=N–C) groups is 1. The highest BCUT2D eigenvalue weighted by Crippen LogP contribution is 2.60. The average molecular weight is 527 g/mol. The summed E-state index contributed by atoms with van der Waals surface area (Å²) in [6, 6.07) is 10.2. The lowest BCUT2D eigenvalue weighted by molar-refractivity contribution is -0.00518. The summed E-state index contributed by atoms with van der Waals surface area (Å²) in [7, 11) is 0. The number of aromatic nitrogens is 2. The second-order valence-electron chi connectivity index (χ2n) is 11.8. The highest BCUT2D eigenvalue weighted by atomic mass is 32.1. The van der Waals surface area contributed by atoms with E-state index in [9.17, 15) is 20.0 Å². The molecule has 0 atom stereocenters. The number of aromatic hydroxyl groups is 1. The van der Waals surface area contributed by atoms with Crippen LogP contribution >= 0.6 is 11.3 Å². The quantitative estimate of drug-likeness (QED) is 0.452. The van der Waals surface area contributed by atoms with E-state index in [1.54, 1.807) is 0 Å². The maximum absolute atomic E-state index is 12.8. The van der Waals surface area contributed by atoms with Crippen LogP contribution in [0.3, 0.4) is 0 Å². The molecule has 5 aliphatic carbocycles. The van der Waals surface area contributed by atoms with E-state index in [1.807, 2.05) is 12.1 Å². The van der Waals surface area contributed by atoms with Gasteiger partial charge in [-0.2, -0.15) is 5.26 Å². The average Bonchev–Trinajstić information content (AvgIpc) is 3.25. The molecule has 0 spiro atoms. The van der Waals surface area contributed by atoms with Crippen LogP contribution in [0.5, 0.6) is 5.88 Å². The van der Waals surface area contributed by atoms with Crippen LogP contribution in [-0.2, 0) is 18.3 Å². The SMILES string of the molecule is N#Cc1c(/N=C/c2c(O)n(-c3ccc(C45CC6CC(CC(C6)C4)C5)cc3)c(=O)[nH]c2=O)sc2c1CCCC2. The largest absolute Gasteiger partial charge is 0.493 e. The maximum atomic E-state index is 12.8. The third kappa shape index (κ3) is 3.70. The van der Waals surface area contributed by atoms with Gasteiger partial charge >= 0.3 is 5.69 Å². The number of nitrogens with zero attached hydrogens (tertiary/aromatic N) is 3. The van der Waals surface area contributed by atoms with Gasteiger partial charge in [0.25, 0.3) is 5.56 Å². The van der Waals surface area contributed by atoms with Gasteiger partial charge in [-0.05, 0) is 111 Å². The number of aromatic amines is 1. The van der Waals surface area contributed by atoms with Crippen molar-refractivity contribution in [2.45, 2.75) is 69.6 Å². The molecule has 4 saturated carbocycles. The molecule has 2 aromatic heterocycles. The Balaban J connectivity index is 1.23. The van der Waals surface area contributed by atoms with Gasteiger partial charge in [0.2, 0.25) is 5.88 Å². The Labute approximate surface area is 224 Å². The number of hydrogen-bond acceptors (Lipinski definition) is 6. The van der Waals surface area contributed by atoms with E-state index in [0.717, 1.165) is 53.6 Å². The first-order chi connectivity index (χ1) is 18.4. The van der Waals surface area contributed by atoms with Crippen LogP contribution < -0.4 is 11.2 Å². The molecule has 5 aliphatic rings. The van der Waals surface area contributed by atoms with Gasteiger partial charge < -0.3 is 5.11 Å². The molecule has 7 nitrogen and oxygen atoms in total. The smallest absolute Gasteiger partial charge is 0.335 e. The van der Waals surface area contributed by atoms with E-state index in [1.165, 1.54) is 66.5 Å². The molecule has 0 radical (unpaired) electrons. The van der Waals surface area contributed by atoms with E-state index in [-0.39, 0.29) is 11.0 Å². The molecule has 2 N–H and O–H groups in total. The zero-order valence-corrected chi connectivity index (χ0v) is 22.0. The van der Waals surface area contributed by atoms with Gasteiger partial charge in [0.05, 0.1) is 11.3 Å². The number of fused-ring (bicyclic) bond motifs is 1. The van der Waals surface area contributed by atoms with Crippen molar-refractivity contribution in [3.63, 3.8) is 0 Å². The highest BCUT2D eigenvalue weighted by Gasteiger charge is 2.51. The summed E-state index contributed by atoms with van der Waals surface area (Å²) >= 11 is 1.46. The molecule has 194 valence electrons. The second kappa shape index (κ2) is 8.81. The van der Waals surface area contributed by atoms with E-state index < -0.39 is 17.1 Å². The lowest BCUT2D eigenvalue weighted by atomic mass is 9.48. The van der Waals surface area contributed by atoms with Crippen LogP contribution in [0.25, 0.3) is 5.69 Å². The molecule has 2 heterocycles. The number of hydrogen-bond donors (Lipinski definition) is 2. The van der Waals surface area contributed by atoms with Crippen molar-refractivity contribution in [3.05, 3.63) is 72.2 Å². The minimum atomic E-state index is -0.711. The number of aryl methyl sites for hydroxylation is 1. The Kier molecular flexibility index (Phi) is 5.48. The molecule has 38 heavy (non-hydrogen) atoms. The Hall–Kier alpha value is -3.44. The minimum absolute atomic E-state index is 0.106. The van der Waals surface area contributed by atoms with Crippen LogP contribution in [0.2, 0.25) is 0 Å². The zero-order chi connectivity index (χ0) is 26.0. The van der Waals surface area contributed by atoms with Gasteiger partial charge in [0.15, 0.2) is 0 Å². The topological polar surface area (TPSA) is 111 Å². The van der Waals surface area contributed by atoms with Crippen molar-refractivity contribution in [2.75, 3.05) is 0 Å². The molecule has 1 aromatic carbocycles. The predicted octanol–water partition coefficient (Wildman–Crippen LogP) is 5.26. The number of nitriles is 1. The summed E-state index contributed by atoms with van der Waals surface area (Å²) in [6.45, 7) is 0. The standard InChI is InChI=1S/C30H30N4O3S/c31-15-23-22-3-1-2-4-25(22)38-27(23)32-16-24-26(35)33-29(37)34(28(24)36)21-7-5-20(6-8-21)30-12-17-9-18(13-30)11-19(10-17)14-30/h5-8,16-19,36H,1-4,9-14H2,(H,33,35,37)/b32-16+. The molecule has 8 heteroatoms. The van der Waals surface area contributed by atoms with Gasteiger partial charge in [0, 0.05) is 11.1 Å². The third-order valence-electron chi connectivity index (χ3n) is 9.47. The van der Waals surface area contributed by atoms with E-state index in [4.69, 9.17) is 0 Å². The summed E-state index contributed by atoms with van der Waals surface area (Å²) in [5, 5.41) is 21.3. The second-order valence-corrected chi connectivity index (χ2v) is 12.9. The molecule has 0 amide bonds. The Morgan fingerprint density at radius 2 is 1.71 bits per heavy atom. The van der Waals surface area contributed by atoms with Gasteiger partial charge in [-0.25, -0.2) is 14.4 Å². The van der Waals surface area contributed by atoms with E-state index in [0.29, 0.717) is 16.3 Å². The molecule has 4 fully saturated rings. The van der Waals surface area contributed by atoms with Gasteiger partial charge in [0.1, 0.15) is 16.6 Å². The van der Waals surface area contributed by atoms with Crippen molar-refractivity contribution in [3.8, 4) is 17.6 Å². The summed E-state index contributed by atoms with van der Waals surface area (Å²) < 4.78 is 1.12. The lowest BCUT2D eigenvalue weighted by Gasteiger charge is -2.57. The van der Waals surface area contributed by atoms with Crippen molar-refractivity contribution in [1.29, 1.82) is 5.26 Å². The number of rotatable bonds is 4. The Morgan fingerprint density at radius 3 is 2.37 bits per heavy atom. The Bertz CT molecular complexity index is 1580. The number of nitrogens with one attached hydrogen (secondary N) is 1. The summed E-state index contributed by atoms with van der Waals surface area (Å²) in [5.41, 5.74) is 2.14. The molecular weight excluding hydrogens is 496 g/mol. The van der Waals surface area contributed by atoms with E-state index in [2.05, 4.69) is 28.2 Å².